The molecule has 2 heterocycles. The van der Waals surface area contributed by atoms with Crippen molar-refractivity contribution in [1.82, 2.24) is 4.90 Å². The molecule has 0 saturated carbocycles. The highest BCUT2D eigenvalue weighted by atomic mass is 32.1. The molecule has 2 rings (SSSR count). The second kappa shape index (κ2) is 5.79. The van der Waals surface area contributed by atoms with Crippen LogP contribution in [0.5, 0.6) is 0 Å². The van der Waals surface area contributed by atoms with Crippen molar-refractivity contribution in [3.05, 3.63) is 28.5 Å². The van der Waals surface area contributed by atoms with E-state index >= 15 is 0 Å². The van der Waals surface area contributed by atoms with Gasteiger partial charge in [0.1, 0.15) is 6.04 Å². The maximum atomic E-state index is 12.3. The van der Waals surface area contributed by atoms with Gasteiger partial charge in [-0.15, -0.1) is 11.3 Å². The molecule has 1 aliphatic heterocycles. The Kier molecular flexibility index (Phi) is 4.28. The molecule has 1 unspecified atom stereocenters. The maximum absolute atomic E-state index is 12.3. The molecule has 1 aromatic heterocycles. The summed E-state index contributed by atoms with van der Waals surface area (Å²) in [7, 11) is 0. The van der Waals surface area contributed by atoms with E-state index in [9.17, 15) is 14.7 Å². The highest BCUT2D eigenvalue weighted by Gasteiger charge is 2.43. The number of hydrogen-bond acceptors (Lipinski definition) is 3. The fourth-order valence-corrected chi connectivity index (χ4v) is 3.35. The van der Waals surface area contributed by atoms with E-state index in [-0.39, 0.29) is 5.91 Å². The molecule has 1 saturated heterocycles. The molecule has 1 atom stereocenters. The van der Waals surface area contributed by atoms with Crippen molar-refractivity contribution in [2.45, 2.75) is 32.7 Å². The van der Waals surface area contributed by atoms with Crippen molar-refractivity contribution < 1.29 is 14.7 Å². The molecule has 0 bridgehead atoms. The number of hydrogen-bond donors (Lipinski definition) is 1. The Labute approximate surface area is 122 Å². The monoisotopic (exact) mass is 293 g/mol. The van der Waals surface area contributed by atoms with E-state index in [2.05, 4.69) is 0 Å². The van der Waals surface area contributed by atoms with Gasteiger partial charge in [-0.25, -0.2) is 4.79 Å². The van der Waals surface area contributed by atoms with Crippen molar-refractivity contribution in [3.63, 3.8) is 0 Å². The van der Waals surface area contributed by atoms with Gasteiger partial charge in [0, 0.05) is 17.5 Å². The maximum Gasteiger partial charge on any atom is 0.326 e. The number of piperidine rings is 1. The number of rotatable bonds is 3. The van der Waals surface area contributed by atoms with Crippen molar-refractivity contribution in [1.29, 1.82) is 0 Å². The first-order valence-electron chi connectivity index (χ1n) is 6.67. The second-order valence-corrected chi connectivity index (χ2v) is 6.69. The van der Waals surface area contributed by atoms with Gasteiger partial charge in [-0.05, 0) is 35.8 Å². The third kappa shape index (κ3) is 3.10. The summed E-state index contributed by atoms with van der Waals surface area (Å²) >= 11 is 1.54. The van der Waals surface area contributed by atoms with Gasteiger partial charge in [0.15, 0.2) is 0 Å². The van der Waals surface area contributed by atoms with Crippen LogP contribution >= 0.6 is 11.3 Å². The van der Waals surface area contributed by atoms with Crippen LogP contribution in [0.3, 0.4) is 0 Å². The predicted octanol–water partition coefficient (Wildman–Crippen LogP) is 2.86. The van der Waals surface area contributed by atoms with Crippen LogP contribution < -0.4 is 0 Å². The fourth-order valence-electron chi connectivity index (χ4n) is 2.73. The van der Waals surface area contributed by atoms with E-state index in [0.717, 1.165) is 17.7 Å². The molecule has 0 aromatic carbocycles. The fraction of sp³-hybridized carbons (Fsp3) is 0.467. The summed E-state index contributed by atoms with van der Waals surface area (Å²) in [6.07, 6.45) is 4.88. The first-order chi connectivity index (χ1) is 9.42. The normalized spacial score (nSPS) is 22.1. The summed E-state index contributed by atoms with van der Waals surface area (Å²) in [5.74, 6) is -1.15. The molecule has 0 radical (unpaired) electrons. The third-order valence-electron chi connectivity index (χ3n) is 3.72. The lowest BCUT2D eigenvalue weighted by Gasteiger charge is -2.43. The minimum absolute atomic E-state index is 0.224. The second-order valence-electron chi connectivity index (χ2n) is 5.71. The van der Waals surface area contributed by atoms with Gasteiger partial charge in [-0.3, -0.25) is 4.79 Å². The number of thiophene rings is 1. The Hall–Kier alpha value is -1.62. The number of carboxylic acids is 1. The molecule has 1 amide bonds. The van der Waals surface area contributed by atoms with E-state index < -0.39 is 17.4 Å². The van der Waals surface area contributed by atoms with Gasteiger partial charge in [0.05, 0.1) is 0 Å². The van der Waals surface area contributed by atoms with Crippen LogP contribution in [0, 0.1) is 5.41 Å². The Bertz CT molecular complexity index is 519. The molecule has 1 aromatic rings. The van der Waals surface area contributed by atoms with Gasteiger partial charge < -0.3 is 10.0 Å². The summed E-state index contributed by atoms with van der Waals surface area (Å²) in [6, 6.07) is 3.08. The van der Waals surface area contributed by atoms with Crippen LogP contribution in [0.4, 0.5) is 0 Å². The summed E-state index contributed by atoms with van der Waals surface area (Å²) in [5.41, 5.74) is -0.392. The van der Waals surface area contributed by atoms with Crippen molar-refractivity contribution in [2.75, 3.05) is 6.54 Å². The van der Waals surface area contributed by atoms with E-state index in [4.69, 9.17) is 0 Å². The summed E-state index contributed by atoms with van der Waals surface area (Å²) in [4.78, 5) is 26.2. The lowest BCUT2D eigenvalue weighted by molar-refractivity contribution is -0.156. The van der Waals surface area contributed by atoms with Crippen LogP contribution in [-0.2, 0) is 9.59 Å². The zero-order chi connectivity index (χ0) is 14.8. The molecule has 20 heavy (non-hydrogen) atoms. The molecule has 1 N–H and O–H groups in total. The first kappa shape index (κ1) is 14.8. The Morgan fingerprint density at radius 1 is 1.50 bits per heavy atom. The number of likely N-dealkylation sites (tertiary alicyclic amines) is 1. The van der Waals surface area contributed by atoms with Crippen LogP contribution in [0.25, 0.3) is 6.08 Å². The summed E-state index contributed by atoms with van der Waals surface area (Å²) in [5, 5.41) is 11.4. The molecule has 4 nitrogen and oxygen atoms in total. The molecular formula is C15H19NO3S. The van der Waals surface area contributed by atoms with Crippen molar-refractivity contribution >= 4 is 29.3 Å². The lowest BCUT2D eigenvalue weighted by Crippen LogP contribution is -2.55. The van der Waals surface area contributed by atoms with Crippen LogP contribution in [-0.4, -0.2) is 34.5 Å². The SMILES string of the molecule is CC1(C)CCCN(C(=O)/C=C/c2cccs2)C1C(=O)O. The standard InChI is InChI=1S/C15H19NO3S/c1-15(2)8-4-9-16(13(15)14(18)19)12(17)7-6-11-5-3-10-20-11/h3,5-7,10,13H,4,8-9H2,1-2H3,(H,18,19)/b7-6+. The Morgan fingerprint density at radius 2 is 2.25 bits per heavy atom. The zero-order valence-corrected chi connectivity index (χ0v) is 12.5. The molecule has 0 spiro atoms. The van der Waals surface area contributed by atoms with Crippen LogP contribution in [0.2, 0.25) is 0 Å². The van der Waals surface area contributed by atoms with E-state index in [1.54, 1.807) is 17.4 Å². The minimum atomic E-state index is -0.924. The number of carboxylic acid groups (broad SMARTS) is 1. The Balaban J connectivity index is 2.16. The van der Waals surface area contributed by atoms with E-state index in [0.29, 0.717) is 6.54 Å². The third-order valence-corrected chi connectivity index (χ3v) is 4.56. The molecule has 108 valence electrons. The van der Waals surface area contributed by atoms with E-state index in [1.807, 2.05) is 31.4 Å². The summed E-state index contributed by atoms with van der Waals surface area (Å²) in [6.45, 7) is 4.33. The highest BCUT2D eigenvalue weighted by Crippen LogP contribution is 2.35. The summed E-state index contributed by atoms with van der Waals surface area (Å²) < 4.78 is 0. The smallest absolute Gasteiger partial charge is 0.326 e. The molecular weight excluding hydrogens is 274 g/mol. The van der Waals surface area contributed by atoms with Gasteiger partial charge >= 0.3 is 5.97 Å². The molecule has 1 fully saturated rings. The number of nitrogens with zero attached hydrogens (tertiary/aromatic N) is 1. The average Bonchev–Trinajstić information content (AvgIpc) is 2.86. The highest BCUT2D eigenvalue weighted by molar-refractivity contribution is 7.10. The van der Waals surface area contributed by atoms with Gasteiger partial charge in [0.2, 0.25) is 5.91 Å². The number of carbonyl (C=O) groups is 2. The van der Waals surface area contributed by atoms with Crippen LogP contribution in [0.15, 0.2) is 23.6 Å². The predicted molar refractivity (Wildman–Crippen MR) is 79.5 cm³/mol. The molecule has 1 aliphatic rings. The molecule has 5 heteroatoms. The topological polar surface area (TPSA) is 57.6 Å². The first-order valence-corrected chi connectivity index (χ1v) is 7.55. The lowest BCUT2D eigenvalue weighted by atomic mass is 9.76. The zero-order valence-electron chi connectivity index (χ0n) is 11.7. The van der Waals surface area contributed by atoms with Gasteiger partial charge in [0.25, 0.3) is 0 Å². The van der Waals surface area contributed by atoms with Crippen LogP contribution in [0.1, 0.15) is 31.6 Å². The number of aliphatic carboxylic acids is 1. The Morgan fingerprint density at radius 3 is 2.85 bits per heavy atom. The van der Waals surface area contributed by atoms with Crippen molar-refractivity contribution in [2.24, 2.45) is 5.41 Å². The number of carbonyl (C=O) groups excluding carboxylic acids is 1. The minimum Gasteiger partial charge on any atom is -0.480 e. The van der Waals surface area contributed by atoms with Gasteiger partial charge in [-0.1, -0.05) is 19.9 Å². The quantitative estimate of drug-likeness (QED) is 0.872. The average molecular weight is 293 g/mol. The number of amides is 1. The van der Waals surface area contributed by atoms with Crippen molar-refractivity contribution in [3.8, 4) is 0 Å². The van der Waals surface area contributed by atoms with E-state index in [1.165, 1.54) is 11.0 Å². The molecule has 0 aliphatic carbocycles. The largest absolute Gasteiger partial charge is 0.480 e. The van der Waals surface area contributed by atoms with Gasteiger partial charge in [-0.2, -0.15) is 0 Å².